The molecule has 5 nitrogen and oxygen atoms in total. The van der Waals surface area contributed by atoms with E-state index in [1.165, 1.54) is 30.0 Å². The first-order valence-electron chi connectivity index (χ1n) is 10.9. The number of benzene rings is 3. The monoisotopic (exact) mass is 467 g/mol. The van der Waals surface area contributed by atoms with E-state index in [4.69, 9.17) is 0 Å². The molecule has 0 aliphatic carbocycles. The van der Waals surface area contributed by atoms with Crippen LogP contribution in [0.25, 0.3) is 0 Å². The SMILES string of the molecule is O=C1S[C@H](CCCC(O)c2ccc(F)cc2)C(c2ccc(CO)cc2O)N1c1ccccc1. The molecule has 3 N–H and O–H groups in total. The second-order valence-corrected chi connectivity index (χ2v) is 9.31. The molecule has 7 heteroatoms. The van der Waals surface area contributed by atoms with E-state index >= 15 is 0 Å². The Hall–Kier alpha value is -2.87. The lowest BCUT2D eigenvalue weighted by atomic mass is 9.95. The number of aliphatic hydroxyl groups is 2. The molecule has 1 aliphatic rings. The molecule has 3 atom stereocenters. The van der Waals surface area contributed by atoms with Gasteiger partial charge < -0.3 is 15.3 Å². The second-order valence-electron chi connectivity index (χ2n) is 8.12. The Kier molecular flexibility index (Phi) is 7.33. The van der Waals surface area contributed by atoms with Crippen LogP contribution in [0.2, 0.25) is 0 Å². The van der Waals surface area contributed by atoms with Gasteiger partial charge in [0, 0.05) is 16.5 Å². The quantitative estimate of drug-likeness (QED) is 0.395. The van der Waals surface area contributed by atoms with Crippen molar-refractivity contribution in [1.29, 1.82) is 0 Å². The first-order chi connectivity index (χ1) is 16.0. The van der Waals surface area contributed by atoms with E-state index in [0.29, 0.717) is 36.0 Å². The maximum absolute atomic E-state index is 13.1. The van der Waals surface area contributed by atoms with E-state index in [1.54, 1.807) is 29.2 Å². The standard InChI is InChI=1S/C26H26FNO4S/c27-19-12-10-18(11-13-19)22(30)7-4-8-24-25(21-14-9-17(16-29)15-23(21)31)28(26(32)33-24)20-5-2-1-3-6-20/h1-3,5-6,9-15,22,24-25,29-31H,4,7-8,16H2/t22?,24-,25?/m1/s1. The molecule has 33 heavy (non-hydrogen) atoms. The Morgan fingerprint density at radius 2 is 1.76 bits per heavy atom. The van der Waals surface area contributed by atoms with Crippen LogP contribution in [-0.4, -0.2) is 25.8 Å². The summed E-state index contributed by atoms with van der Waals surface area (Å²) in [7, 11) is 0. The van der Waals surface area contributed by atoms with Crippen LogP contribution >= 0.6 is 11.8 Å². The van der Waals surface area contributed by atoms with Gasteiger partial charge in [0.15, 0.2) is 0 Å². The average molecular weight is 468 g/mol. The minimum Gasteiger partial charge on any atom is -0.508 e. The Labute approximate surface area is 196 Å². The summed E-state index contributed by atoms with van der Waals surface area (Å²) in [6.45, 7) is -0.181. The maximum atomic E-state index is 13.1. The lowest BCUT2D eigenvalue weighted by molar-refractivity contribution is 0.163. The molecule has 0 aromatic heterocycles. The Morgan fingerprint density at radius 3 is 2.42 bits per heavy atom. The minimum absolute atomic E-state index is 0.0409. The Bertz CT molecular complexity index is 1090. The topological polar surface area (TPSA) is 81.0 Å². The van der Waals surface area contributed by atoms with E-state index in [9.17, 15) is 24.5 Å². The molecule has 1 fully saturated rings. The van der Waals surface area contributed by atoms with Crippen LogP contribution in [0, 0.1) is 5.82 Å². The first kappa shape index (κ1) is 23.3. The second kappa shape index (κ2) is 10.4. The molecule has 3 aromatic rings. The van der Waals surface area contributed by atoms with Crippen LogP contribution in [0.3, 0.4) is 0 Å². The number of halogens is 1. The van der Waals surface area contributed by atoms with Gasteiger partial charge in [0.25, 0.3) is 5.24 Å². The average Bonchev–Trinajstić information content (AvgIpc) is 3.15. The number of aromatic hydroxyl groups is 1. The minimum atomic E-state index is -0.714. The number of thioether (sulfide) groups is 1. The molecule has 1 amide bonds. The summed E-state index contributed by atoms with van der Waals surface area (Å²) >= 11 is 1.23. The van der Waals surface area contributed by atoms with Crippen molar-refractivity contribution >= 4 is 22.7 Å². The van der Waals surface area contributed by atoms with Gasteiger partial charge in [-0.25, -0.2) is 4.39 Å². The van der Waals surface area contributed by atoms with E-state index in [1.807, 2.05) is 30.3 Å². The van der Waals surface area contributed by atoms with Gasteiger partial charge in [0.2, 0.25) is 0 Å². The summed E-state index contributed by atoms with van der Waals surface area (Å²) in [5, 5.41) is 30.4. The molecule has 1 aliphatic heterocycles. The highest BCUT2D eigenvalue weighted by atomic mass is 32.2. The van der Waals surface area contributed by atoms with Crippen molar-refractivity contribution in [1.82, 2.24) is 0 Å². The van der Waals surface area contributed by atoms with Crippen LogP contribution in [0.15, 0.2) is 72.8 Å². The number of anilines is 1. The van der Waals surface area contributed by atoms with Crippen LogP contribution in [0.1, 0.15) is 48.1 Å². The Morgan fingerprint density at radius 1 is 1.03 bits per heavy atom. The summed E-state index contributed by atoms with van der Waals surface area (Å²) in [5.41, 5.74) is 2.63. The number of phenols is 1. The highest BCUT2D eigenvalue weighted by molar-refractivity contribution is 8.14. The summed E-state index contributed by atoms with van der Waals surface area (Å²) in [6, 6.07) is 19.8. The van der Waals surface area contributed by atoms with Crippen LogP contribution in [0.4, 0.5) is 14.9 Å². The van der Waals surface area contributed by atoms with E-state index in [0.717, 1.165) is 5.69 Å². The van der Waals surface area contributed by atoms with E-state index in [2.05, 4.69) is 0 Å². The molecule has 0 bridgehead atoms. The zero-order chi connectivity index (χ0) is 23.4. The van der Waals surface area contributed by atoms with Gasteiger partial charge in [-0.3, -0.25) is 9.69 Å². The lowest BCUT2D eigenvalue weighted by Crippen LogP contribution is -2.29. The molecule has 172 valence electrons. The van der Waals surface area contributed by atoms with Crippen LogP contribution in [-0.2, 0) is 6.61 Å². The molecule has 4 rings (SSSR count). The van der Waals surface area contributed by atoms with Gasteiger partial charge >= 0.3 is 0 Å². The number of nitrogens with zero attached hydrogens (tertiary/aromatic N) is 1. The van der Waals surface area contributed by atoms with Crippen molar-refractivity contribution in [3.8, 4) is 5.75 Å². The molecule has 0 saturated carbocycles. The van der Waals surface area contributed by atoms with E-state index in [-0.39, 0.29) is 34.7 Å². The molecular weight excluding hydrogens is 441 g/mol. The third-order valence-electron chi connectivity index (χ3n) is 5.93. The molecule has 0 radical (unpaired) electrons. The fourth-order valence-corrected chi connectivity index (χ4v) is 5.52. The van der Waals surface area contributed by atoms with Crippen LogP contribution in [0.5, 0.6) is 5.75 Å². The van der Waals surface area contributed by atoms with E-state index < -0.39 is 6.10 Å². The Balaban J connectivity index is 1.55. The lowest BCUT2D eigenvalue weighted by Gasteiger charge is -2.28. The van der Waals surface area contributed by atoms with Crippen molar-refractivity contribution in [3.63, 3.8) is 0 Å². The van der Waals surface area contributed by atoms with Gasteiger partial charge in [-0.1, -0.05) is 54.2 Å². The summed E-state index contributed by atoms with van der Waals surface area (Å²) in [4.78, 5) is 14.7. The summed E-state index contributed by atoms with van der Waals surface area (Å²) in [5.74, 6) is -0.304. The smallest absolute Gasteiger partial charge is 0.287 e. The molecule has 2 unspecified atom stereocenters. The fraction of sp³-hybridized carbons (Fsp3) is 0.269. The van der Waals surface area contributed by atoms with Gasteiger partial charge in [-0.15, -0.1) is 0 Å². The number of para-hydroxylation sites is 1. The number of hydrogen-bond acceptors (Lipinski definition) is 5. The predicted octanol–water partition coefficient (Wildman–Crippen LogP) is 5.71. The van der Waals surface area contributed by atoms with Gasteiger partial charge in [0.1, 0.15) is 11.6 Å². The number of carbonyl (C=O) groups excluding carboxylic acids is 1. The molecule has 0 spiro atoms. The number of amides is 1. The first-order valence-corrected chi connectivity index (χ1v) is 11.8. The normalized spacial score (nSPS) is 19.1. The van der Waals surface area contributed by atoms with Crippen molar-refractivity contribution < 1.29 is 24.5 Å². The molecule has 1 heterocycles. The van der Waals surface area contributed by atoms with Crippen molar-refractivity contribution in [2.75, 3.05) is 4.90 Å². The predicted molar refractivity (Wildman–Crippen MR) is 128 cm³/mol. The maximum Gasteiger partial charge on any atom is 0.287 e. The molecule has 1 saturated heterocycles. The van der Waals surface area contributed by atoms with Gasteiger partial charge in [-0.2, -0.15) is 0 Å². The zero-order valence-electron chi connectivity index (χ0n) is 18.0. The number of phenolic OH excluding ortho intramolecular Hbond substituents is 1. The van der Waals surface area contributed by atoms with Crippen molar-refractivity contribution in [3.05, 3.63) is 95.3 Å². The third-order valence-corrected chi connectivity index (χ3v) is 7.13. The molecular formula is C26H26FNO4S. The third kappa shape index (κ3) is 5.21. The number of hydrogen-bond donors (Lipinski definition) is 3. The highest BCUT2D eigenvalue weighted by Crippen LogP contribution is 2.48. The summed E-state index contributed by atoms with van der Waals surface area (Å²) in [6.07, 6.45) is 1.06. The van der Waals surface area contributed by atoms with Crippen molar-refractivity contribution in [2.45, 2.75) is 43.3 Å². The summed E-state index contributed by atoms with van der Waals surface area (Å²) < 4.78 is 13.1. The largest absolute Gasteiger partial charge is 0.508 e. The highest BCUT2D eigenvalue weighted by Gasteiger charge is 2.43. The number of carbonyl (C=O) groups is 1. The van der Waals surface area contributed by atoms with Gasteiger partial charge in [0.05, 0.1) is 18.8 Å². The zero-order valence-corrected chi connectivity index (χ0v) is 18.8. The van der Waals surface area contributed by atoms with Crippen LogP contribution < -0.4 is 4.90 Å². The fourth-order valence-electron chi connectivity index (χ4n) is 4.24. The molecule has 3 aromatic carbocycles. The number of aliphatic hydroxyl groups excluding tert-OH is 2. The van der Waals surface area contributed by atoms with Crippen molar-refractivity contribution in [2.24, 2.45) is 0 Å². The van der Waals surface area contributed by atoms with Gasteiger partial charge in [-0.05, 0) is 60.7 Å². The number of rotatable bonds is 8.